The molecule has 10 nitrogen and oxygen atoms in total. The molecule has 4 aliphatic heterocycles. The Hall–Kier alpha value is -2.27. The number of nitrogens with zero attached hydrogens (tertiary/aromatic N) is 3. The van der Waals surface area contributed by atoms with Crippen molar-refractivity contribution < 1.29 is 33.7 Å². The molecular weight excluding hydrogens is 514 g/mol. The van der Waals surface area contributed by atoms with Crippen LogP contribution in [0.3, 0.4) is 0 Å². The Balaban J connectivity index is 1.73. The Morgan fingerprint density at radius 2 is 1.95 bits per heavy atom. The molecule has 1 spiro atoms. The summed E-state index contributed by atoms with van der Waals surface area (Å²) in [6.45, 7) is 19.5. The third-order valence-electron chi connectivity index (χ3n) is 9.57. The maximum Gasteiger partial charge on any atom is 0.312 e. The Kier molecular flexibility index (Phi) is 9.44. The average Bonchev–Trinajstić information content (AvgIpc) is 3.44. The summed E-state index contributed by atoms with van der Waals surface area (Å²) < 4.78 is 17.9. The highest BCUT2D eigenvalue weighted by Gasteiger charge is 2.80. The zero-order valence-corrected chi connectivity index (χ0v) is 24.5. The number of carbonyl (C=O) groups excluding carboxylic acids is 3. The van der Waals surface area contributed by atoms with Crippen LogP contribution in [0, 0.1) is 23.7 Å². The van der Waals surface area contributed by atoms with Gasteiger partial charge in [-0.2, -0.15) is 0 Å². The first-order valence-corrected chi connectivity index (χ1v) is 14.7. The fourth-order valence-corrected chi connectivity index (χ4v) is 7.33. The molecule has 40 heavy (non-hydrogen) atoms. The van der Waals surface area contributed by atoms with Crippen molar-refractivity contribution in [2.75, 3.05) is 59.2 Å². The van der Waals surface area contributed by atoms with Crippen LogP contribution >= 0.6 is 0 Å². The van der Waals surface area contributed by atoms with Gasteiger partial charge in [-0.15, -0.1) is 13.2 Å². The number of aliphatic hydroxyl groups is 1. The zero-order chi connectivity index (χ0) is 29.2. The molecular formula is C30H47N3O7. The van der Waals surface area contributed by atoms with E-state index in [0.29, 0.717) is 45.7 Å². The summed E-state index contributed by atoms with van der Waals surface area (Å²) >= 11 is 0. The van der Waals surface area contributed by atoms with Crippen LogP contribution in [-0.4, -0.2) is 120 Å². The number of fused-ring (bicyclic) bond motifs is 1. The maximum atomic E-state index is 14.6. The van der Waals surface area contributed by atoms with E-state index < -0.39 is 41.1 Å². The Morgan fingerprint density at radius 1 is 1.25 bits per heavy atom. The first kappa shape index (κ1) is 30.7. The minimum absolute atomic E-state index is 0.0865. The number of likely N-dealkylation sites (tertiary alicyclic amines) is 1. The molecule has 4 fully saturated rings. The van der Waals surface area contributed by atoms with E-state index in [0.717, 1.165) is 13.1 Å². The Morgan fingerprint density at radius 3 is 2.55 bits per heavy atom. The molecule has 0 aromatic heterocycles. The lowest BCUT2D eigenvalue weighted by Gasteiger charge is -2.41. The van der Waals surface area contributed by atoms with Gasteiger partial charge in [0.05, 0.1) is 44.0 Å². The summed E-state index contributed by atoms with van der Waals surface area (Å²) in [6.07, 6.45) is 4.33. The lowest BCUT2D eigenvalue weighted by molar-refractivity contribution is -0.164. The highest BCUT2D eigenvalue weighted by molar-refractivity contribution is 5.98. The molecule has 4 aliphatic rings. The first-order valence-electron chi connectivity index (χ1n) is 14.7. The second kappa shape index (κ2) is 12.3. The molecule has 0 aromatic rings. The van der Waals surface area contributed by atoms with Crippen LogP contribution in [0.5, 0.6) is 0 Å². The van der Waals surface area contributed by atoms with E-state index in [9.17, 15) is 19.5 Å². The normalized spacial score (nSPS) is 34.1. The topological polar surface area (TPSA) is 109 Å². The van der Waals surface area contributed by atoms with Crippen molar-refractivity contribution in [2.24, 2.45) is 23.7 Å². The number of carbonyl (C=O) groups is 3. The molecule has 2 amide bonds. The molecule has 4 rings (SSSR count). The van der Waals surface area contributed by atoms with Crippen molar-refractivity contribution in [3.63, 3.8) is 0 Å². The van der Waals surface area contributed by atoms with Crippen LogP contribution in [0.2, 0.25) is 0 Å². The third kappa shape index (κ3) is 5.12. The van der Waals surface area contributed by atoms with E-state index >= 15 is 0 Å². The van der Waals surface area contributed by atoms with E-state index in [1.807, 2.05) is 27.7 Å². The maximum absolute atomic E-state index is 14.6. The minimum Gasteiger partial charge on any atom is -0.465 e. The molecule has 0 aromatic carbocycles. The quantitative estimate of drug-likeness (QED) is 0.205. The summed E-state index contributed by atoms with van der Waals surface area (Å²) in [5, 5.41) is 10.4. The lowest BCUT2D eigenvalue weighted by Crippen LogP contribution is -2.60. The highest BCUT2D eigenvalue weighted by Crippen LogP contribution is 2.65. The van der Waals surface area contributed by atoms with Gasteiger partial charge >= 0.3 is 5.97 Å². The predicted molar refractivity (Wildman–Crippen MR) is 149 cm³/mol. The number of hydrogen-bond donors (Lipinski definition) is 1. The van der Waals surface area contributed by atoms with Gasteiger partial charge in [-0.25, -0.2) is 0 Å². The lowest BCUT2D eigenvalue weighted by atomic mass is 9.62. The standard InChI is InChI=1S/C30H47N3O7/c1-7-9-15-39-28(37)24-23-26(35)33(22(19-34)20(3)4)25(30(23)18-21(5)29(24,6)40-30)27(36)32(10-8-2)12-11-31-13-16-38-17-14-31/h7-8,20-25,34H,1-2,9-19H2,3-6H3/t21?,22-,23-,24+,25?,29-,30?/m0/s1. The van der Waals surface area contributed by atoms with Gasteiger partial charge in [0, 0.05) is 32.7 Å². The van der Waals surface area contributed by atoms with Gasteiger partial charge in [0.15, 0.2) is 0 Å². The molecule has 3 unspecified atom stereocenters. The zero-order valence-electron chi connectivity index (χ0n) is 24.5. The van der Waals surface area contributed by atoms with E-state index in [1.165, 1.54) is 0 Å². The molecule has 224 valence electrons. The Labute approximate surface area is 238 Å². The second-order valence-corrected chi connectivity index (χ2v) is 12.2. The van der Waals surface area contributed by atoms with Gasteiger partial charge in [-0.3, -0.25) is 19.3 Å². The molecule has 10 heteroatoms. The number of ether oxygens (including phenoxy) is 3. The molecule has 1 N–H and O–H groups in total. The van der Waals surface area contributed by atoms with Gasteiger partial charge in [-0.1, -0.05) is 32.9 Å². The second-order valence-electron chi connectivity index (χ2n) is 12.2. The van der Waals surface area contributed by atoms with Crippen molar-refractivity contribution in [2.45, 2.75) is 63.8 Å². The van der Waals surface area contributed by atoms with Crippen LogP contribution < -0.4 is 0 Å². The summed E-state index contributed by atoms with van der Waals surface area (Å²) in [5.41, 5.74) is -2.13. The van der Waals surface area contributed by atoms with Gasteiger partial charge in [0.25, 0.3) is 0 Å². The minimum atomic E-state index is -1.19. The molecule has 0 saturated carbocycles. The predicted octanol–water partition coefficient (Wildman–Crippen LogP) is 1.48. The highest BCUT2D eigenvalue weighted by atomic mass is 16.6. The van der Waals surface area contributed by atoms with Crippen LogP contribution in [0.25, 0.3) is 0 Å². The number of hydrogen-bond acceptors (Lipinski definition) is 8. The molecule has 0 aliphatic carbocycles. The van der Waals surface area contributed by atoms with E-state index in [-0.39, 0.29) is 36.9 Å². The fraction of sp³-hybridized carbons (Fsp3) is 0.767. The molecule has 0 radical (unpaired) electrons. The number of amides is 2. The number of morpholine rings is 1. The summed E-state index contributed by atoms with van der Waals surface area (Å²) in [5.74, 6) is -2.96. The third-order valence-corrected chi connectivity index (χ3v) is 9.57. The van der Waals surface area contributed by atoms with Crippen LogP contribution in [0.1, 0.15) is 40.5 Å². The van der Waals surface area contributed by atoms with Crippen molar-refractivity contribution in [3.8, 4) is 0 Å². The summed E-state index contributed by atoms with van der Waals surface area (Å²) in [7, 11) is 0. The Bertz CT molecular complexity index is 982. The fourth-order valence-electron chi connectivity index (χ4n) is 7.33. The first-order chi connectivity index (χ1) is 19.1. The van der Waals surface area contributed by atoms with Gasteiger partial charge in [0.2, 0.25) is 11.8 Å². The van der Waals surface area contributed by atoms with E-state index in [1.54, 1.807) is 22.0 Å². The molecule has 7 atom stereocenters. The van der Waals surface area contributed by atoms with Gasteiger partial charge in [-0.05, 0) is 31.6 Å². The van der Waals surface area contributed by atoms with E-state index in [2.05, 4.69) is 18.1 Å². The average molecular weight is 562 g/mol. The largest absolute Gasteiger partial charge is 0.465 e. The number of aliphatic hydroxyl groups excluding tert-OH is 1. The monoisotopic (exact) mass is 561 g/mol. The summed E-state index contributed by atoms with van der Waals surface area (Å²) in [4.78, 5) is 48.0. The van der Waals surface area contributed by atoms with Crippen LogP contribution in [-0.2, 0) is 28.6 Å². The van der Waals surface area contributed by atoms with Gasteiger partial charge < -0.3 is 29.1 Å². The van der Waals surface area contributed by atoms with Gasteiger partial charge in [0.1, 0.15) is 17.6 Å². The van der Waals surface area contributed by atoms with Crippen molar-refractivity contribution in [1.82, 2.24) is 14.7 Å². The molecule has 2 bridgehead atoms. The van der Waals surface area contributed by atoms with Crippen molar-refractivity contribution in [1.29, 1.82) is 0 Å². The van der Waals surface area contributed by atoms with Crippen molar-refractivity contribution in [3.05, 3.63) is 25.3 Å². The number of rotatable bonds is 13. The molecule has 4 heterocycles. The van der Waals surface area contributed by atoms with Crippen LogP contribution in [0.4, 0.5) is 0 Å². The SMILES string of the molecule is C=CCCOC(=O)[C@H]1[C@H]2C(=O)N([C@@H](CO)C(C)C)C(C(=O)N(CC=C)CCN3CCOCC3)C23CC(C)[C@]1(C)O3. The molecule has 4 saturated heterocycles. The summed E-state index contributed by atoms with van der Waals surface area (Å²) in [6, 6.07) is -1.57. The number of esters is 1. The van der Waals surface area contributed by atoms with Crippen molar-refractivity contribution >= 4 is 17.8 Å². The smallest absolute Gasteiger partial charge is 0.312 e. The van der Waals surface area contributed by atoms with Crippen LogP contribution in [0.15, 0.2) is 25.3 Å². The van der Waals surface area contributed by atoms with E-state index in [4.69, 9.17) is 14.2 Å².